The Morgan fingerprint density at radius 2 is 2.50 bits per heavy atom. The molecule has 0 unspecified atom stereocenters. The first-order valence-electron chi connectivity index (χ1n) is 4.24. The van der Waals surface area contributed by atoms with E-state index in [9.17, 15) is 4.79 Å². The molecule has 0 aromatic heterocycles. The highest BCUT2D eigenvalue weighted by molar-refractivity contribution is 5.88. The summed E-state index contributed by atoms with van der Waals surface area (Å²) in [6.07, 6.45) is 4.99. The van der Waals surface area contributed by atoms with Crippen molar-refractivity contribution in [1.29, 1.82) is 0 Å². The number of ether oxygens (including phenoxy) is 1. The molecule has 0 fully saturated rings. The Morgan fingerprint density at radius 3 is 3.08 bits per heavy atom. The van der Waals surface area contributed by atoms with Gasteiger partial charge in [-0.2, -0.15) is 0 Å². The Balaban J connectivity index is 2.63. The highest BCUT2D eigenvalue weighted by Crippen LogP contribution is 2.18. The van der Waals surface area contributed by atoms with E-state index in [4.69, 9.17) is 0 Å². The maximum absolute atomic E-state index is 11.1. The number of hydrogen-bond acceptors (Lipinski definition) is 3. The van der Waals surface area contributed by atoms with E-state index in [1.54, 1.807) is 0 Å². The third kappa shape index (κ3) is 2.08. The number of methoxy groups -OCH3 is 1. The van der Waals surface area contributed by atoms with Crippen molar-refractivity contribution in [2.24, 2.45) is 0 Å². The van der Waals surface area contributed by atoms with Crippen LogP contribution in [-0.2, 0) is 9.53 Å². The highest BCUT2D eigenvalue weighted by atomic mass is 16.5. The van der Waals surface area contributed by atoms with Crippen LogP contribution in [-0.4, -0.2) is 26.2 Å². The molecule has 0 amide bonds. The van der Waals surface area contributed by atoms with Crippen molar-refractivity contribution in [2.75, 3.05) is 14.2 Å². The molecule has 1 atom stereocenters. The van der Waals surface area contributed by atoms with E-state index in [-0.39, 0.29) is 5.97 Å². The Bertz CT molecular complexity index is 199. The van der Waals surface area contributed by atoms with Gasteiger partial charge in [0.1, 0.15) is 0 Å². The van der Waals surface area contributed by atoms with Crippen molar-refractivity contribution in [1.82, 2.24) is 5.32 Å². The summed E-state index contributed by atoms with van der Waals surface area (Å²) in [5.74, 6) is -0.185. The van der Waals surface area contributed by atoms with Crippen molar-refractivity contribution in [3.05, 3.63) is 11.6 Å². The minimum atomic E-state index is -0.185. The first-order chi connectivity index (χ1) is 5.77. The molecule has 3 heteroatoms. The molecule has 0 aromatic rings. The van der Waals surface area contributed by atoms with E-state index in [2.05, 4.69) is 10.1 Å². The van der Waals surface area contributed by atoms with E-state index in [1.807, 2.05) is 13.1 Å². The average molecular weight is 169 g/mol. The molecule has 0 bridgehead atoms. The number of rotatable bonds is 2. The van der Waals surface area contributed by atoms with Crippen LogP contribution in [0.25, 0.3) is 0 Å². The van der Waals surface area contributed by atoms with Gasteiger partial charge < -0.3 is 10.1 Å². The molecule has 0 aromatic carbocycles. The standard InChI is InChI=1S/C9H15NO2/c1-10-8-5-3-4-7(6-8)9(11)12-2/h6,8,10H,3-5H2,1-2H3/t8-/m0/s1. The number of carbonyl (C=O) groups excluding carboxylic acids is 1. The van der Waals surface area contributed by atoms with E-state index in [0.29, 0.717) is 6.04 Å². The van der Waals surface area contributed by atoms with Gasteiger partial charge in [-0.15, -0.1) is 0 Å². The number of nitrogens with one attached hydrogen (secondary N) is 1. The lowest BCUT2D eigenvalue weighted by Crippen LogP contribution is -2.27. The fraction of sp³-hybridized carbons (Fsp3) is 0.667. The smallest absolute Gasteiger partial charge is 0.333 e. The maximum Gasteiger partial charge on any atom is 0.333 e. The minimum Gasteiger partial charge on any atom is -0.466 e. The fourth-order valence-electron chi connectivity index (χ4n) is 1.45. The summed E-state index contributed by atoms with van der Waals surface area (Å²) in [6.45, 7) is 0. The van der Waals surface area contributed by atoms with Crippen molar-refractivity contribution >= 4 is 5.97 Å². The molecule has 3 nitrogen and oxygen atoms in total. The second-order valence-corrected chi connectivity index (χ2v) is 2.97. The van der Waals surface area contributed by atoms with Gasteiger partial charge in [0, 0.05) is 11.6 Å². The Labute approximate surface area is 72.8 Å². The first kappa shape index (κ1) is 9.26. The Hall–Kier alpha value is -0.830. The van der Waals surface area contributed by atoms with Crippen LogP contribution in [0.15, 0.2) is 11.6 Å². The second-order valence-electron chi connectivity index (χ2n) is 2.97. The SMILES string of the molecule is CN[C@@H]1C=C(C(=O)OC)CCC1. The number of hydrogen-bond donors (Lipinski definition) is 1. The predicted molar refractivity (Wildman–Crippen MR) is 46.8 cm³/mol. The minimum absolute atomic E-state index is 0.185. The van der Waals surface area contributed by atoms with Gasteiger partial charge in [0.2, 0.25) is 0 Å². The van der Waals surface area contributed by atoms with Gasteiger partial charge in [0.05, 0.1) is 7.11 Å². The van der Waals surface area contributed by atoms with Crippen LogP contribution in [0.5, 0.6) is 0 Å². The van der Waals surface area contributed by atoms with E-state index in [0.717, 1.165) is 24.8 Å². The molecule has 0 saturated carbocycles. The third-order valence-corrected chi connectivity index (χ3v) is 2.18. The summed E-state index contributed by atoms with van der Waals surface area (Å²) < 4.78 is 4.65. The summed E-state index contributed by atoms with van der Waals surface area (Å²) in [4.78, 5) is 11.1. The molecule has 1 aliphatic rings. The quantitative estimate of drug-likeness (QED) is 0.623. The zero-order valence-corrected chi connectivity index (χ0v) is 7.59. The molecule has 0 aliphatic heterocycles. The summed E-state index contributed by atoms with van der Waals surface area (Å²) >= 11 is 0. The van der Waals surface area contributed by atoms with Crippen LogP contribution in [0.3, 0.4) is 0 Å². The Morgan fingerprint density at radius 1 is 1.75 bits per heavy atom. The van der Waals surface area contributed by atoms with Crippen molar-refractivity contribution in [2.45, 2.75) is 25.3 Å². The molecule has 0 radical (unpaired) electrons. The van der Waals surface area contributed by atoms with E-state index in [1.165, 1.54) is 7.11 Å². The number of likely N-dealkylation sites (N-methyl/N-ethyl adjacent to an activating group) is 1. The van der Waals surface area contributed by atoms with Crippen LogP contribution in [0.1, 0.15) is 19.3 Å². The normalized spacial score (nSPS) is 23.2. The molecule has 1 rings (SSSR count). The topological polar surface area (TPSA) is 38.3 Å². The van der Waals surface area contributed by atoms with Gasteiger partial charge in [-0.25, -0.2) is 4.79 Å². The zero-order valence-electron chi connectivity index (χ0n) is 7.59. The highest BCUT2D eigenvalue weighted by Gasteiger charge is 2.17. The summed E-state index contributed by atoms with van der Waals surface area (Å²) in [5, 5.41) is 3.13. The second kappa shape index (κ2) is 4.26. The van der Waals surface area contributed by atoms with Crippen LogP contribution in [0.4, 0.5) is 0 Å². The predicted octanol–water partition coefficient (Wildman–Crippen LogP) is 0.858. The molecule has 1 N–H and O–H groups in total. The van der Waals surface area contributed by atoms with Crippen molar-refractivity contribution in [3.63, 3.8) is 0 Å². The first-order valence-corrected chi connectivity index (χ1v) is 4.24. The Kier molecular flexibility index (Phi) is 3.29. The summed E-state index contributed by atoms with van der Waals surface area (Å²) in [7, 11) is 3.33. The zero-order chi connectivity index (χ0) is 8.97. The van der Waals surface area contributed by atoms with Gasteiger partial charge in [-0.1, -0.05) is 6.08 Å². The van der Waals surface area contributed by atoms with Crippen LogP contribution in [0, 0.1) is 0 Å². The van der Waals surface area contributed by atoms with Crippen LogP contribution < -0.4 is 5.32 Å². The van der Waals surface area contributed by atoms with E-state index >= 15 is 0 Å². The van der Waals surface area contributed by atoms with Gasteiger partial charge in [-0.3, -0.25) is 0 Å². The lowest BCUT2D eigenvalue weighted by atomic mass is 9.96. The summed E-state index contributed by atoms with van der Waals surface area (Å²) in [6, 6.07) is 0.341. The lowest BCUT2D eigenvalue weighted by Gasteiger charge is -2.18. The number of carbonyl (C=O) groups is 1. The molecular weight excluding hydrogens is 154 g/mol. The van der Waals surface area contributed by atoms with Crippen LogP contribution in [0.2, 0.25) is 0 Å². The molecule has 1 aliphatic carbocycles. The van der Waals surface area contributed by atoms with E-state index < -0.39 is 0 Å². The maximum atomic E-state index is 11.1. The van der Waals surface area contributed by atoms with Gasteiger partial charge >= 0.3 is 5.97 Å². The molecule has 68 valence electrons. The lowest BCUT2D eigenvalue weighted by molar-refractivity contribution is -0.136. The summed E-state index contributed by atoms with van der Waals surface area (Å²) in [5.41, 5.74) is 0.808. The molecule has 0 spiro atoms. The fourth-order valence-corrected chi connectivity index (χ4v) is 1.45. The average Bonchev–Trinajstić information content (AvgIpc) is 2.17. The van der Waals surface area contributed by atoms with Crippen molar-refractivity contribution < 1.29 is 9.53 Å². The van der Waals surface area contributed by atoms with Crippen molar-refractivity contribution in [3.8, 4) is 0 Å². The monoisotopic (exact) mass is 169 g/mol. The molecular formula is C9H15NO2. The largest absolute Gasteiger partial charge is 0.466 e. The third-order valence-electron chi connectivity index (χ3n) is 2.18. The molecule has 0 saturated heterocycles. The molecule has 12 heavy (non-hydrogen) atoms. The molecule has 0 heterocycles. The van der Waals surface area contributed by atoms with Gasteiger partial charge in [-0.05, 0) is 26.3 Å². The van der Waals surface area contributed by atoms with Gasteiger partial charge in [0.15, 0.2) is 0 Å². The van der Waals surface area contributed by atoms with Crippen LogP contribution >= 0.6 is 0 Å². The number of esters is 1. The van der Waals surface area contributed by atoms with Gasteiger partial charge in [0.25, 0.3) is 0 Å².